The van der Waals surface area contributed by atoms with Crippen molar-refractivity contribution in [2.75, 3.05) is 13.2 Å². The van der Waals surface area contributed by atoms with Crippen molar-refractivity contribution in [2.45, 2.75) is 39.7 Å². The second-order valence-electron chi connectivity index (χ2n) is 4.22. The molecule has 0 aromatic carbocycles. The Balaban J connectivity index is 2.53. The van der Waals surface area contributed by atoms with E-state index in [-0.39, 0.29) is 12.6 Å². The minimum absolute atomic E-state index is 0.0579. The van der Waals surface area contributed by atoms with Gasteiger partial charge in [0.1, 0.15) is 0 Å². The quantitative estimate of drug-likeness (QED) is 0.520. The van der Waals surface area contributed by atoms with Gasteiger partial charge in [0.25, 0.3) is 0 Å². The van der Waals surface area contributed by atoms with Gasteiger partial charge in [0.2, 0.25) is 0 Å². The van der Waals surface area contributed by atoms with Crippen LogP contribution in [0.25, 0.3) is 0 Å². The molecule has 0 unspecified atom stereocenters. The van der Waals surface area contributed by atoms with Crippen LogP contribution in [0, 0.1) is 5.92 Å². The van der Waals surface area contributed by atoms with E-state index in [2.05, 4.69) is 0 Å². The van der Waals surface area contributed by atoms with Gasteiger partial charge in [-0.2, -0.15) is 0 Å². The normalized spacial score (nSPS) is 15.2. The fourth-order valence-corrected chi connectivity index (χ4v) is 1.42. The highest BCUT2D eigenvalue weighted by Gasteiger charge is 2.31. The lowest BCUT2D eigenvalue weighted by Gasteiger charge is -2.25. The molecule has 0 aliphatic heterocycles. The third-order valence-corrected chi connectivity index (χ3v) is 2.49. The third-order valence-electron chi connectivity index (χ3n) is 2.49. The highest BCUT2D eigenvalue weighted by atomic mass is 16.5. The van der Waals surface area contributed by atoms with E-state index < -0.39 is 11.9 Å². The van der Waals surface area contributed by atoms with Crippen molar-refractivity contribution in [2.24, 2.45) is 5.92 Å². The van der Waals surface area contributed by atoms with Crippen LogP contribution in [0.15, 0.2) is 0 Å². The maximum absolute atomic E-state index is 11.7. The number of carbonyl (C=O) groups is 2. The van der Waals surface area contributed by atoms with Gasteiger partial charge < -0.3 is 9.64 Å². The van der Waals surface area contributed by atoms with E-state index in [9.17, 15) is 9.59 Å². The van der Waals surface area contributed by atoms with Gasteiger partial charge in [0, 0.05) is 12.6 Å². The zero-order valence-electron chi connectivity index (χ0n) is 9.66. The SMILES string of the molecule is CCOC(=O)C(=O)N(CC1CC1)C(C)C. The first-order valence-corrected chi connectivity index (χ1v) is 5.54. The molecule has 0 bridgehead atoms. The van der Waals surface area contributed by atoms with Gasteiger partial charge in [0.05, 0.1) is 6.61 Å². The van der Waals surface area contributed by atoms with Crippen LogP contribution in [0.1, 0.15) is 33.6 Å². The minimum Gasteiger partial charge on any atom is -0.459 e. The first-order chi connectivity index (χ1) is 7.06. The molecule has 1 rings (SSSR count). The van der Waals surface area contributed by atoms with Crippen molar-refractivity contribution < 1.29 is 14.3 Å². The lowest BCUT2D eigenvalue weighted by Crippen LogP contribution is -2.43. The van der Waals surface area contributed by atoms with Crippen LogP contribution in [0.3, 0.4) is 0 Å². The summed E-state index contributed by atoms with van der Waals surface area (Å²) in [4.78, 5) is 24.6. The zero-order chi connectivity index (χ0) is 11.4. The molecule has 15 heavy (non-hydrogen) atoms. The van der Waals surface area contributed by atoms with Gasteiger partial charge in [-0.05, 0) is 39.5 Å². The zero-order valence-corrected chi connectivity index (χ0v) is 9.66. The van der Waals surface area contributed by atoms with Crippen molar-refractivity contribution in [1.82, 2.24) is 4.90 Å². The summed E-state index contributed by atoms with van der Waals surface area (Å²) in [6.07, 6.45) is 2.33. The second-order valence-corrected chi connectivity index (χ2v) is 4.22. The summed E-state index contributed by atoms with van der Waals surface area (Å²) < 4.78 is 4.71. The molecule has 0 aromatic rings. The third kappa shape index (κ3) is 3.53. The summed E-state index contributed by atoms with van der Waals surface area (Å²) >= 11 is 0. The monoisotopic (exact) mass is 213 g/mol. The molecule has 1 amide bonds. The average Bonchev–Trinajstić information content (AvgIpc) is 2.96. The lowest BCUT2D eigenvalue weighted by molar-refractivity contribution is -0.160. The number of nitrogens with zero attached hydrogens (tertiary/aromatic N) is 1. The predicted octanol–water partition coefficient (Wildman–Crippen LogP) is 1.20. The van der Waals surface area contributed by atoms with Crippen molar-refractivity contribution in [3.05, 3.63) is 0 Å². The number of carbonyl (C=O) groups excluding carboxylic acids is 2. The summed E-state index contributed by atoms with van der Waals surface area (Å²) in [5.74, 6) is -0.642. The van der Waals surface area contributed by atoms with Crippen LogP contribution in [-0.2, 0) is 14.3 Å². The lowest BCUT2D eigenvalue weighted by atomic mass is 10.2. The molecule has 1 saturated carbocycles. The van der Waals surface area contributed by atoms with Crippen LogP contribution in [0.4, 0.5) is 0 Å². The Kier molecular flexibility index (Phi) is 4.12. The summed E-state index contributed by atoms with van der Waals surface area (Å²) in [6, 6.07) is 0.0579. The molecular weight excluding hydrogens is 194 g/mol. The van der Waals surface area contributed by atoms with Gasteiger partial charge in [-0.1, -0.05) is 0 Å². The highest BCUT2D eigenvalue weighted by Crippen LogP contribution is 2.30. The Labute approximate surface area is 90.6 Å². The first kappa shape index (κ1) is 12.0. The molecule has 0 N–H and O–H groups in total. The molecule has 0 heterocycles. The van der Waals surface area contributed by atoms with Crippen molar-refractivity contribution >= 4 is 11.9 Å². The summed E-state index contributed by atoms with van der Waals surface area (Å²) in [5.41, 5.74) is 0. The Morgan fingerprint density at radius 3 is 2.40 bits per heavy atom. The van der Waals surface area contributed by atoms with E-state index >= 15 is 0 Å². The fraction of sp³-hybridized carbons (Fsp3) is 0.818. The molecule has 0 radical (unpaired) electrons. The van der Waals surface area contributed by atoms with Gasteiger partial charge in [-0.15, -0.1) is 0 Å². The Morgan fingerprint density at radius 1 is 1.40 bits per heavy atom. The highest BCUT2D eigenvalue weighted by molar-refractivity contribution is 6.32. The molecule has 1 aliphatic carbocycles. The minimum atomic E-state index is -0.730. The summed E-state index contributed by atoms with van der Waals surface area (Å²) in [5, 5.41) is 0. The molecule has 1 fully saturated rings. The number of hydrogen-bond donors (Lipinski definition) is 0. The fourth-order valence-electron chi connectivity index (χ4n) is 1.42. The largest absolute Gasteiger partial charge is 0.459 e. The standard InChI is InChI=1S/C11H19NO3/c1-4-15-11(14)10(13)12(8(2)3)7-9-5-6-9/h8-9H,4-7H2,1-3H3. The number of ether oxygens (including phenoxy) is 1. The average molecular weight is 213 g/mol. The van der Waals surface area contributed by atoms with Crippen LogP contribution in [-0.4, -0.2) is 36.0 Å². The summed E-state index contributed by atoms with van der Waals surface area (Å²) in [7, 11) is 0. The van der Waals surface area contributed by atoms with E-state index in [1.807, 2.05) is 13.8 Å². The summed E-state index contributed by atoms with van der Waals surface area (Å²) in [6.45, 7) is 6.47. The van der Waals surface area contributed by atoms with Gasteiger partial charge in [-0.25, -0.2) is 4.79 Å². The van der Waals surface area contributed by atoms with E-state index in [0.717, 1.165) is 0 Å². The molecule has 4 nitrogen and oxygen atoms in total. The van der Waals surface area contributed by atoms with Crippen LogP contribution >= 0.6 is 0 Å². The van der Waals surface area contributed by atoms with E-state index in [4.69, 9.17) is 4.74 Å². The second kappa shape index (κ2) is 5.14. The molecular formula is C11H19NO3. The molecule has 0 aromatic heterocycles. The maximum atomic E-state index is 11.7. The van der Waals surface area contributed by atoms with Crippen LogP contribution in [0.2, 0.25) is 0 Å². The molecule has 4 heteroatoms. The Bertz CT molecular complexity index is 246. The van der Waals surface area contributed by atoms with Crippen molar-refractivity contribution in [3.8, 4) is 0 Å². The van der Waals surface area contributed by atoms with Crippen LogP contribution in [0.5, 0.6) is 0 Å². The smallest absolute Gasteiger partial charge is 0.397 e. The predicted molar refractivity (Wildman–Crippen MR) is 56.2 cm³/mol. The van der Waals surface area contributed by atoms with E-state index in [1.165, 1.54) is 12.8 Å². The van der Waals surface area contributed by atoms with Crippen LogP contribution < -0.4 is 0 Å². The van der Waals surface area contributed by atoms with Gasteiger partial charge in [-0.3, -0.25) is 4.79 Å². The molecule has 86 valence electrons. The molecule has 0 spiro atoms. The molecule has 1 aliphatic rings. The van der Waals surface area contributed by atoms with Gasteiger partial charge in [0.15, 0.2) is 0 Å². The topological polar surface area (TPSA) is 46.6 Å². The Morgan fingerprint density at radius 2 is 2.00 bits per heavy atom. The first-order valence-electron chi connectivity index (χ1n) is 5.54. The number of esters is 1. The number of hydrogen-bond acceptors (Lipinski definition) is 3. The molecule has 0 saturated heterocycles. The van der Waals surface area contributed by atoms with Crippen molar-refractivity contribution in [1.29, 1.82) is 0 Å². The maximum Gasteiger partial charge on any atom is 0.397 e. The number of amides is 1. The Hall–Kier alpha value is -1.06. The number of rotatable bonds is 4. The molecule has 0 atom stereocenters. The van der Waals surface area contributed by atoms with E-state index in [1.54, 1.807) is 11.8 Å². The van der Waals surface area contributed by atoms with Crippen molar-refractivity contribution in [3.63, 3.8) is 0 Å². The van der Waals surface area contributed by atoms with Gasteiger partial charge >= 0.3 is 11.9 Å². The van der Waals surface area contributed by atoms with E-state index in [0.29, 0.717) is 12.5 Å².